The molecule has 0 heterocycles. The summed E-state index contributed by atoms with van der Waals surface area (Å²) in [7, 11) is 0. The number of carbonyl (C=O) groups is 6. The number of nitrogens with zero attached hydrogens (tertiary/aromatic N) is 2. The summed E-state index contributed by atoms with van der Waals surface area (Å²) in [5.74, 6) is -2.16. The topological polar surface area (TPSA) is 157 Å². The lowest BCUT2D eigenvalue weighted by atomic mass is 9.84. The molecule has 12 heteroatoms. The first-order valence-electron chi connectivity index (χ1n) is 14.9. The number of hydrogen-bond acceptors (Lipinski definition) is 7. The zero-order valence-corrected chi connectivity index (χ0v) is 26.0. The van der Waals surface area contributed by atoms with Gasteiger partial charge in [0.15, 0.2) is 0 Å². The minimum absolute atomic E-state index is 0.0398. The molecule has 4 N–H and O–H groups in total. The lowest BCUT2D eigenvalue weighted by molar-refractivity contribution is -0.142. The highest BCUT2D eigenvalue weighted by Crippen LogP contribution is 2.26. The fourth-order valence-electron chi connectivity index (χ4n) is 4.89. The summed E-state index contributed by atoms with van der Waals surface area (Å²) < 4.78 is 0. The van der Waals surface area contributed by atoms with Crippen LogP contribution in [0.1, 0.15) is 93.4 Å². The van der Waals surface area contributed by atoms with Crippen LogP contribution >= 0.6 is 0 Å². The van der Waals surface area contributed by atoms with Gasteiger partial charge in [-0.25, -0.2) is 5.43 Å². The van der Waals surface area contributed by atoms with Crippen LogP contribution < -0.4 is 21.4 Å². The fourth-order valence-corrected chi connectivity index (χ4v) is 4.89. The summed E-state index contributed by atoms with van der Waals surface area (Å²) in [5.41, 5.74) is 2.24. The zero-order valence-electron chi connectivity index (χ0n) is 26.0. The van der Waals surface area contributed by atoms with Crippen LogP contribution in [0.2, 0.25) is 0 Å². The molecular weight excluding hydrogens is 528 g/mol. The maximum atomic E-state index is 13.9. The van der Waals surface area contributed by atoms with Crippen molar-refractivity contribution in [3.63, 3.8) is 0 Å². The van der Waals surface area contributed by atoms with Gasteiger partial charge < -0.3 is 20.9 Å². The van der Waals surface area contributed by atoms with Gasteiger partial charge >= 0.3 is 0 Å². The van der Waals surface area contributed by atoms with Gasteiger partial charge in [-0.15, -0.1) is 0 Å². The number of carbonyl (C=O) groups excluding carboxylic acids is 6. The van der Waals surface area contributed by atoms with Crippen molar-refractivity contribution in [2.24, 2.45) is 11.3 Å². The third-order valence-electron chi connectivity index (χ3n) is 7.58. The van der Waals surface area contributed by atoms with Crippen LogP contribution in [0.15, 0.2) is 0 Å². The highest BCUT2D eigenvalue weighted by atomic mass is 16.2. The van der Waals surface area contributed by atoms with Gasteiger partial charge in [0, 0.05) is 18.6 Å². The average molecular weight is 581 g/mol. The molecule has 1 saturated carbocycles. The van der Waals surface area contributed by atoms with E-state index in [9.17, 15) is 28.8 Å². The van der Waals surface area contributed by atoms with Gasteiger partial charge in [-0.05, 0) is 57.3 Å². The molecule has 1 aliphatic rings. The van der Waals surface area contributed by atoms with Crippen molar-refractivity contribution in [2.45, 2.75) is 118 Å². The second kappa shape index (κ2) is 17.7. The third-order valence-corrected chi connectivity index (χ3v) is 7.58. The Morgan fingerprint density at radius 3 is 2.15 bits per heavy atom. The molecule has 0 aromatic carbocycles. The first kappa shape index (κ1) is 36.0. The van der Waals surface area contributed by atoms with E-state index in [1.54, 1.807) is 4.90 Å². The van der Waals surface area contributed by atoms with Gasteiger partial charge in [-0.2, -0.15) is 0 Å². The van der Waals surface area contributed by atoms with Crippen LogP contribution in [0.3, 0.4) is 0 Å². The number of nitrogens with one attached hydrogen (secondary N) is 4. The Kier molecular flexibility index (Phi) is 15.6. The Morgan fingerprint density at radius 2 is 1.68 bits per heavy atom. The molecule has 1 unspecified atom stereocenters. The van der Waals surface area contributed by atoms with Crippen molar-refractivity contribution in [1.82, 2.24) is 31.3 Å². The van der Waals surface area contributed by atoms with Crippen LogP contribution in [0, 0.1) is 11.3 Å². The number of Topliss-reactive ketones (excluding diaryl/α,β-unsaturated/α-hetero) is 1. The van der Waals surface area contributed by atoms with Crippen molar-refractivity contribution in [3.05, 3.63) is 0 Å². The highest BCUT2D eigenvalue weighted by Gasteiger charge is 2.38. The Labute approximate surface area is 245 Å². The van der Waals surface area contributed by atoms with E-state index < -0.39 is 29.1 Å². The third kappa shape index (κ3) is 11.8. The van der Waals surface area contributed by atoms with E-state index in [2.05, 4.69) is 28.3 Å². The predicted octanol–water partition coefficient (Wildman–Crippen LogP) is 1.29. The molecule has 1 rings (SSSR count). The number of hydrazine groups is 1. The van der Waals surface area contributed by atoms with Gasteiger partial charge in [0.1, 0.15) is 6.04 Å². The van der Waals surface area contributed by atoms with E-state index in [-0.39, 0.29) is 43.0 Å². The molecule has 0 saturated heterocycles. The van der Waals surface area contributed by atoms with Gasteiger partial charge in [0.25, 0.3) is 5.91 Å². The Bertz CT molecular complexity index is 886. The van der Waals surface area contributed by atoms with Crippen LogP contribution in [0.25, 0.3) is 0 Å². The molecule has 0 spiro atoms. The van der Waals surface area contributed by atoms with Crippen molar-refractivity contribution in [1.29, 1.82) is 0 Å². The summed E-state index contributed by atoms with van der Waals surface area (Å²) in [6.07, 6.45) is 6.89. The quantitative estimate of drug-likeness (QED) is 0.0960. The lowest BCUT2D eigenvalue weighted by Crippen LogP contribution is -2.59. The van der Waals surface area contributed by atoms with Crippen molar-refractivity contribution >= 4 is 36.3 Å². The van der Waals surface area contributed by atoms with E-state index in [1.165, 1.54) is 5.01 Å². The molecule has 0 aliphatic heterocycles. The van der Waals surface area contributed by atoms with E-state index >= 15 is 0 Å². The Hall–Kier alpha value is -3.02. The molecule has 5 amide bonds. The maximum absolute atomic E-state index is 13.9. The molecule has 0 radical (unpaired) electrons. The minimum Gasteiger partial charge on any atom is -0.350 e. The van der Waals surface area contributed by atoms with Crippen molar-refractivity contribution in [3.8, 4) is 0 Å². The largest absolute Gasteiger partial charge is 0.350 e. The van der Waals surface area contributed by atoms with Gasteiger partial charge in [-0.3, -0.25) is 33.8 Å². The van der Waals surface area contributed by atoms with Crippen LogP contribution in [0.5, 0.6) is 0 Å². The highest BCUT2D eigenvalue weighted by molar-refractivity contribution is 6.37. The van der Waals surface area contributed by atoms with Crippen LogP contribution in [-0.4, -0.2) is 90.0 Å². The number of amides is 5. The number of hydrogen-bond donors (Lipinski definition) is 4. The number of rotatable bonds is 20. The second-order valence-corrected chi connectivity index (χ2v) is 12.2. The van der Waals surface area contributed by atoms with E-state index in [1.807, 2.05) is 41.5 Å². The summed E-state index contributed by atoms with van der Waals surface area (Å²) in [6, 6.07) is -1.36. The van der Waals surface area contributed by atoms with E-state index in [4.69, 9.17) is 0 Å². The Morgan fingerprint density at radius 1 is 1.02 bits per heavy atom. The van der Waals surface area contributed by atoms with E-state index in [0.717, 1.165) is 38.5 Å². The van der Waals surface area contributed by atoms with Gasteiger partial charge in [0.05, 0.1) is 19.1 Å². The molecule has 41 heavy (non-hydrogen) atoms. The molecule has 0 aromatic heterocycles. The second-order valence-electron chi connectivity index (χ2n) is 12.2. The van der Waals surface area contributed by atoms with Crippen LogP contribution in [-0.2, 0) is 28.8 Å². The minimum atomic E-state index is -0.843. The molecule has 234 valence electrons. The van der Waals surface area contributed by atoms with Crippen molar-refractivity contribution in [2.75, 3.05) is 19.6 Å². The molecule has 12 nitrogen and oxygen atoms in total. The normalized spacial score (nSPS) is 15.6. The zero-order chi connectivity index (χ0) is 31.2. The first-order valence-corrected chi connectivity index (χ1v) is 14.9. The first-order chi connectivity index (χ1) is 19.3. The Balaban J connectivity index is 3.13. The lowest BCUT2D eigenvalue weighted by Gasteiger charge is -2.41. The van der Waals surface area contributed by atoms with Gasteiger partial charge in [0.2, 0.25) is 30.4 Å². The molecule has 1 fully saturated rings. The van der Waals surface area contributed by atoms with Gasteiger partial charge in [-0.1, -0.05) is 47.5 Å². The number of ketones is 1. The summed E-state index contributed by atoms with van der Waals surface area (Å²) in [4.78, 5) is 75.6. The SMILES string of the molecule is CCCC[C@@H](CN(C(=O)C(NC(=O)CNC=O)C(C)(C)C)C(C)C)[C@H](CC)N(C=O)NCC(=O)C(=O)NC1CCC1. The molecular formula is C29H52N6O6. The summed E-state index contributed by atoms with van der Waals surface area (Å²) in [6.45, 7) is 13.2. The summed E-state index contributed by atoms with van der Waals surface area (Å²) in [5, 5.41) is 9.17. The van der Waals surface area contributed by atoms with Crippen LogP contribution in [0.4, 0.5) is 0 Å². The number of unbranched alkanes of at least 4 members (excludes halogenated alkanes) is 1. The predicted molar refractivity (Wildman–Crippen MR) is 156 cm³/mol. The monoisotopic (exact) mass is 580 g/mol. The smallest absolute Gasteiger partial charge is 0.289 e. The average Bonchev–Trinajstić information content (AvgIpc) is 2.89. The maximum Gasteiger partial charge on any atom is 0.289 e. The molecule has 3 atom stereocenters. The molecule has 1 aliphatic carbocycles. The standard InChI is InChI=1S/C29H52N6O6/c1-8-10-12-21(23(9-2)35(19-37)31-15-24(38)27(40)32-22-13-11-14-22)17-34(20(3)4)28(41)26(29(5,6)7)33-25(39)16-30-18-36/h18-23,26,31H,8-17H2,1-7H3,(H,30,36)(H,32,40)(H,33,39)/t21-,23-,26?/m0/s1. The van der Waals surface area contributed by atoms with Crippen molar-refractivity contribution < 1.29 is 28.8 Å². The van der Waals surface area contributed by atoms with E-state index in [0.29, 0.717) is 25.8 Å². The fraction of sp³-hybridized carbons (Fsp3) is 0.793. The molecule has 0 aromatic rings. The summed E-state index contributed by atoms with van der Waals surface area (Å²) >= 11 is 0. The molecule has 0 bridgehead atoms.